The third-order valence-corrected chi connectivity index (χ3v) is 5.39. The van der Waals surface area contributed by atoms with Gasteiger partial charge in [0.15, 0.2) is 0 Å². The Morgan fingerprint density at radius 2 is 1.93 bits per heavy atom. The number of aryl methyl sites for hydroxylation is 1. The van der Waals surface area contributed by atoms with Crippen molar-refractivity contribution in [3.8, 4) is 0 Å². The lowest BCUT2D eigenvalue weighted by atomic mass is 10.2. The van der Waals surface area contributed by atoms with Crippen LogP contribution < -0.4 is 5.32 Å². The maximum absolute atomic E-state index is 12.7. The van der Waals surface area contributed by atoms with Crippen LogP contribution in [0.5, 0.6) is 0 Å². The van der Waals surface area contributed by atoms with E-state index < -0.39 is 11.0 Å². The number of carbonyl (C=O) groups excluding carboxylic acids is 1. The molecule has 1 heterocycles. The standard InChI is InChI=1S/C19H17ClN4O3S/c1-12-17(24(26)27)11-23(22-12)13(2)19(25)21-16-5-3-4-6-18(16)28-15-9-7-14(20)8-10-15/h3-11,13H,1-2H3,(H,21,25). The zero-order valence-corrected chi connectivity index (χ0v) is 16.7. The number of rotatable bonds is 6. The maximum atomic E-state index is 12.7. The predicted octanol–water partition coefficient (Wildman–Crippen LogP) is 5.10. The summed E-state index contributed by atoms with van der Waals surface area (Å²) in [6, 6.07) is 14.1. The highest BCUT2D eigenvalue weighted by molar-refractivity contribution is 7.99. The van der Waals surface area contributed by atoms with Gasteiger partial charge in [0.1, 0.15) is 17.9 Å². The molecule has 3 aromatic rings. The van der Waals surface area contributed by atoms with E-state index in [0.717, 1.165) is 9.79 Å². The number of carbonyl (C=O) groups is 1. The molecule has 1 unspecified atom stereocenters. The fourth-order valence-electron chi connectivity index (χ4n) is 2.50. The molecule has 0 spiro atoms. The normalized spacial score (nSPS) is 11.8. The molecule has 7 nitrogen and oxygen atoms in total. The van der Waals surface area contributed by atoms with Gasteiger partial charge in [-0.1, -0.05) is 35.5 Å². The number of halogens is 1. The first-order valence-electron chi connectivity index (χ1n) is 8.38. The maximum Gasteiger partial charge on any atom is 0.309 e. The zero-order valence-electron chi connectivity index (χ0n) is 15.1. The number of nitrogens with zero attached hydrogens (tertiary/aromatic N) is 3. The molecule has 9 heteroatoms. The number of nitrogens with one attached hydrogen (secondary N) is 1. The van der Waals surface area contributed by atoms with Gasteiger partial charge >= 0.3 is 5.69 Å². The Balaban J connectivity index is 1.77. The Labute approximate surface area is 170 Å². The first-order chi connectivity index (χ1) is 13.3. The van der Waals surface area contributed by atoms with E-state index in [9.17, 15) is 14.9 Å². The summed E-state index contributed by atoms with van der Waals surface area (Å²) in [7, 11) is 0. The van der Waals surface area contributed by atoms with Gasteiger partial charge in [-0.3, -0.25) is 19.6 Å². The second-order valence-electron chi connectivity index (χ2n) is 6.05. The Hall–Kier alpha value is -2.84. The van der Waals surface area contributed by atoms with Gasteiger partial charge in [-0.25, -0.2) is 0 Å². The molecule has 2 aromatic carbocycles. The Morgan fingerprint density at radius 1 is 1.25 bits per heavy atom. The molecule has 0 aliphatic heterocycles. The van der Waals surface area contributed by atoms with E-state index in [-0.39, 0.29) is 17.3 Å². The monoisotopic (exact) mass is 416 g/mol. The summed E-state index contributed by atoms with van der Waals surface area (Å²) in [5.74, 6) is -0.318. The highest BCUT2D eigenvalue weighted by Crippen LogP contribution is 2.34. The lowest BCUT2D eigenvalue weighted by Crippen LogP contribution is -2.24. The van der Waals surface area contributed by atoms with Crippen LogP contribution >= 0.6 is 23.4 Å². The van der Waals surface area contributed by atoms with Crippen LogP contribution in [0.2, 0.25) is 5.02 Å². The molecule has 28 heavy (non-hydrogen) atoms. The van der Waals surface area contributed by atoms with E-state index in [2.05, 4.69) is 10.4 Å². The molecular formula is C19H17ClN4O3S. The van der Waals surface area contributed by atoms with E-state index >= 15 is 0 Å². The molecule has 0 aliphatic carbocycles. The van der Waals surface area contributed by atoms with Crippen molar-refractivity contribution in [2.75, 3.05) is 5.32 Å². The molecule has 0 saturated heterocycles. The van der Waals surface area contributed by atoms with Crippen molar-refractivity contribution in [2.45, 2.75) is 29.7 Å². The van der Waals surface area contributed by atoms with Gasteiger partial charge in [0.2, 0.25) is 5.91 Å². The van der Waals surface area contributed by atoms with E-state index in [1.807, 2.05) is 30.3 Å². The van der Waals surface area contributed by atoms with Crippen molar-refractivity contribution in [1.82, 2.24) is 9.78 Å². The number of amides is 1. The largest absolute Gasteiger partial charge is 0.323 e. The fraction of sp³-hybridized carbons (Fsp3) is 0.158. The van der Waals surface area contributed by atoms with Crippen LogP contribution in [-0.2, 0) is 4.79 Å². The topological polar surface area (TPSA) is 90.1 Å². The lowest BCUT2D eigenvalue weighted by molar-refractivity contribution is -0.385. The lowest BCUT2D eigenvalue weighted by Gasteiger charge is -2.15. The van der Waals surface area contributed by atoms with Gasteiger partial charge in [0.25, 0.3) is 0 Å². The van der Waals surface area contributed by atoms with Crippen LogP contribution in [0, 0.1) is 17.0 Å². The average Bonchev–Trinajstić information content (AvgIpc) is 3.06. The molecule has 0 bridgehead atoms. The second-order valence-corrected chi connectivity index (χ2v) is 7.61. The SMILES string of the molecule is Cc1nn(C(C)C(=O)Nc2ccccc2Sc2ccc(Cl)cc2)cc1[N+](=O)[O-]. The minimum Gasteiger partial charge on any atom is -0.323 e. The van der Waals surface area contributed by atoms with Crippen LogP contribution in [0.15, 0.2) is 64.5 Å². The molecule has 1 atom stereocenters. The highest BCUT2D eigenvalue weighted by Gasteiger charge is 2.22. The summed E-state index contributed by atoms with van der Waals surface area (Å²) in [5, 5.41) is 18.6. The number of para-hydroxylation sites is 1. The number of hydrogen-bond acceptors (Lipinski definition) is 5. The van der Waals surface area contributed by atoms with Gasteiger partial charge in [-0.15, -0.1) is 0 Å². The molecule has 0 fully saturated rings. The third kappa shape index (κ3) is 4.52. The molecule has 1 N–H and O–H groups in total. The summed E-state index contributed by atoms with van der Waals surface area (Å²) in [4.78, 5) is 25.0. The van der Waals surface area contributed by atoms with Crippen LogP contribution in [-0.4, -0.2) is 20.6 Å². The van der Waals surface area contributed by atoms with Gasteiger partial charge < -0.3 is 5.32 Å². The highest BCUT2D eigenvalue weighted by atomic mass is 35.5. The van der Waals surface area contributed by atoms with Crippen molar-refractivity contribution in [1.29, 1.82) is 0 Å². The van der Waals surface area contributed by atoms with Crippen LogP contribution in [0.3, 0.4) is 0 Å². The number of benzene rings is 2. The molecule has 0 aliphatic rings. The number of aromatic nitrogens is 2. The van der Waals surface area contributed by atoms with Crippen molar-refractivity contribution >= 4 is 40.6 Å². The minimum atomic E-state index is -0.707. The van der Waals surface area contributed by atoms with Crippen molar-refractivity contribution in [3.05, 3.63) is 75.6 Å². The first-order valence-corrected chi connectivity index (χ1v) is 9.58. The summed E-state index contributed by atoms with van der Waals surface area (Å²) in [6.07, 6.45) is 1.27. The molecular weight excluding hydrogens is 400 g/mol. The van der Waals surface area contributed by atoms with Crippen molar-refractivity contribution < 1.29 is 9.72 Å². The molecule has 0 saturated carbocycles. The van der Waals surface area contributed by atoms with E-state index in [1.165, 1.54) is 29.6 Å². The van der Waals surface area contributed by atoms with Crippen molar-refractivity contribution in [2.24, 2.45) is 0 Å². The summed E-state index contributed by atoms with van der Waals surface area (Å²) >= 11 is 7.42. The molecule has 0 radical (unpaired) electrons. The fourth-order valence-corrected chi connectivity index (χ4v) is 3.52. The quantitative estimate of drug-likeness (QED) is 0.445. The van der Waals surface area contributed by atoms with Crippen molar-refractivity contribution in [3.63, 3.8) is 0 Å². The second kappa shape index (κ2) is 8.45. The van der Waals surface area contributed by atoms with E-state index in [4.69, 9.17) is 11.6 Å². The summed E-state index contributed by atoms with van der Waals surface area (Å²) in [6.45, 7) is 3.18. The number of hydrogen-bond donors (Lipinski definition) is 1. The number of nitro groups is 1. The molecule has 1 aromatic heterocycles. The van der Waals surface area contributed by atoms with E-state index in [1.54, 1.807) is 25.1 Å². The first kappa shape index (κ1) is 19.9. The molecule has 3 rings (SSSR count). The van der Waals surface area contributed by atoms with Crippen LogP contribution in [0.4, 0.5) is 11.4 Å². The Bertz CT molecular complexity index is 1020. The van der Waals surface area contributed by atoms with Gasteiger partial charge in [0.05, 0.1) is 10.6 Å². The van der Waals surface area contributed by atoms with Gasteiger partial charge in [0, 0.05) is 14.8 Å². The average molecular weight is 417 g/mol. The third-order valence-electron chi connectivity index (χ3n) is 4.05. The predicted molar refractivity (Wildman–Crippen MR) is 109 cm³/mol. The Kier molecular flexibility index (Phi) is 6.01. The van der Waals surface area contributed by atoms with Gasteiger partial charge in [-0.05, 0) is 50.2 Å². The van der Waals surface area contributed by atoms with Gasteiger partial charge in [-0.2, -0.15) is 5.10 Å². The smallest absolute Gasteiger partial charge is 0.309 e. The van der Waals surface area contributed by atoms with E-state index in [0.29, 0.717) is 10.7 Å². The van der Waals surface area contributed by atoms with Crippen LogP contribution in [0.25, 0.3) is 0 Å². The zero-order chi connectivity index (χ0) is 20.3. The summed E-state index contributed by atoms with van der Waals surface area (Å²) < 4.78 is 1.30. The summed E-state index contributed by atoms with van der Waals surface area (Å²) in [5.41, 5.74) is 0.805. The minimum absolute atomic E-state index is 0.113. The molecule has 1 amide bonds. The number of anilines is 1. The molecule has 144 valence electrons. The van der Waals surface area contributed by atoms with Crippen LogP contribution in [0.1, 0.15) is 18.7 Å². The Morgan fingerprint density at radius 3 is 2.57 bits per heavy atom.